The van der Waals surface area contributed by atoms with E-state index >= 15 is 0 Å². The Hall–Kier alpha value is -1.60. The van der Waals surface area contributed by atoms with Crippen LogP contribution in [0, 0.1) is 0 Å². The first-order valence-corrected chi connectivity index (χ1v) is 7.98. The molecule has 1 aliphatic carbocycles. The molecule has 23 heavy (non-hydrogen) atoms. The fourth-order valence-electron chi connectivity index (χ4n) is 2.31. The van der Waals surface area contributed by atoms with E-state index in [2.05, 4.69) is 10.3 Å². The van der Waals surface area contributed by atoms with E-state index in [1.54, 1.807) is 19.3 Å². The molecule has 1 N–H and O–H groups in total. The molecule has 3 rings (SSSR count). The van der Waals surface area contributed by atoms with Gasteiger partial charge in [-0.15, -0.1) is 0 Å². The van der Waals surface area contributed by atoms with Crippen molar-refractivity contribution in [1.29, 1.82) is 0 Å². The minimum Gasteiger partial charge on any atom is -0.488 e. The van der Waals surface area contributed by atoms with Gasteiger partial charge in [0, 0.05) is 18.7 Å². The molecule has 1 aromatic rings. The van der Waals surface area contributed by atoms with Gasteiger partial charge < -0.3 is 19.4 Å². The second-order valence-electron chi connectivity index (χ2n) is 7.10. The molecule has 0 radical (unpaired) electrons. The molecule has 2 fully saturated rings. The number of carbonyl (C=O) groups is 1. The number of ether oxygens (including phenoxy) is 1. The lowest BCUT2D eigenvalue weighted by atomic mass is 9.80. The van der Waals surface area contributed by atoms with Crippen molar-refractivity contribution in [3.8, 4) is 5.75 Å². The average Bonchev–Trinajstić information content (AvgIpc) is 3.25. The second-order valence-corrected chi connectivity index (χ2v) is 7.10. The summed E-state index contributed by atoms with van der Waals surface area (Å²) < 4.78 is 17.9. The Kier molecular flexibility index (Phi) is 3.88. The first kappa shape index (κ1) is 16.3. The molecular formula is C16H23BN2O4. The number of nitrogens with zero attached hydrogens (tertiary/aromatic N) is 1. The van der Waals surface area contributed by atoms with Gasteiger partial charge in [0.05, 0.1) is 17.3 Å². The lowest BCUT2D eigenvalue weighted by Gasteiger charge is -2.32. The highest BCUT2D eigenvalue weighted by Crippen LogP contribution is 2.37. The summed E-state index contributed by atoms with van der Waals surface area (Å²) in [6.45, 7) is 8.00. The minimum atomic E-state index is -0.521. The van der Waals surface area contributed by atoms with Crippen LogP contribution in [0.3, 0.4) is 0 Å². The van der Waals surface area contributed by atoms with Gasteiger partial charge in [-0.1, -0.05) is 0 Å². The van der Waals surface area contributed by atoms with E-state index in [9.17, 15) is 4.79 Å². The third-order valence-corrected chi connectivity index (χ3v) is 4.66. The van der Waals surface area contributed by atoms with Crippen LogP contribution in [0.1, 0.15) is 51.0 Å². The third-order valence-electron chi connectivity index (χ3n) is 4.66. The van der Waals surface area contributed by atoms with Gasteiger partial charge in [-0.05, 0) is 46.6 Å². The number of carbonyl (C=O) groups excluding carboxylic acids is 1. The largest absolute Gasteiger partial charge is 0.496 e. The summed E-state index contributed by atoms with van der Waals surface area (Å²) in [5.74, 6) is 0.222. The highest BCUT2D eigenvalue weighted by molar-refractivity contribution is 6.62. The standard InChI is InChI=1S/C16H23BN2O4/c1-15(2)16(3,4)23-17(22-15)10-8-12(21-11-6-7-11)13(19-9-10)14(20)18-5/h8-9,11H,6-7H2,1-5H3,(H,18,20). The average molecular weight is 318 g/mol. The van der Waals surface area contributed by atoms with Crippen LogP contribution in [0.2, 0.25) is 0 Å². The van der Waals surface area contributed by atoms with Crippen LogP contribution < -0.4 is 15.5 Å². The van der Waals surface area contributed by atoms with Crippen molar-refractivity contribution in [3.05, 3.63) is 18.0 Å². The minimum absolute atomic E-state index is 0.175. The summed E-state index contributed by atoms with van der Waals surface area (Å²) in [4.78, 5) is 16.2. The van der Waals surface area contributed by atoms with Crippen LogP contribution in [0.25, 0.3) is 0 Å². The molecule has 2 aliphatic rings. The van der Waals surface area contributed by atoms with E-state index in [0.29, 0.717) is 11.4 Å². The number of hydrogen-bond acceptors (Lipinski definition) is 5. The number of nitrogens with one attached hydrogen (secondary N) is 1. The van der Waals surface area contributed by atoms with Gasteiger partial charge in [-0.25, -0.2) is 4.98 Å². The van der Waals surface area contributed by atoms with Crippen LogP contribution in [0.5, 0.6) is 5.75 Å². The maximum Gasteiger partial charge on any atom is 0.496 e. The molecule has 124 valence electrons. The molecule has 0 bridgehead atoms. The molecule has 1 aliphatic heterocycles. The van der Waals surface area contributed by atoms with Gasteiger partial charge in [0.25, 0.3) is 5.91 Å². The Morgan fingerprint density at radius 2 is 1.91 bits per heavy atom. The van der Waals surface area contributed by atoms with Gasteiger partial charge in [-0.3, -0.25) is 4.79 Å². The van der Waals surface area contributed by atoms with Crippen molar-refractivity contribution in [2.45, 2.75) is 57.8 Å². The predicted octanol–water partition coefficient (Wildman–Crippen LogP) is 1.28. The van der Waals surface area contributed by atoms with Crippen molar-refractivity contribution < 1.29 is 18.8 Å². The number of hydrogen-bond donors (Lipinski definition) is 1. The van der Waals surface area contributed by atoms with Crippen molar-refractivity contribution in [2.24, 2.45) is 0 Å². The lowest BCUT2D eigenvalue weighted by Crippen LogP contribution is -2.41. The first-order valence-electron chi connectivity index (χ1n) is 7.98. The van der Waals surface area contributed by atoms with E-state index in [-0.39, 0.29) is 12.0 Å². The molecule has 7 heteroatoms. The SMILES string of the molecule is CNC(=O)c1ncc(B2OC(C)(C)C(C)(C)O2)cc1OC1CC1. The predicted molar refractivity (Wildman–Crippen MR) is 87.0 cm³/mol. The number of pyridine rings is 1. The van der Waals surface area contributed by atoms with Crippen molar-refractivity contribution >= 4 is 18.5 Å². The zero-order valence-corrected chi connectivity index (χ0v) is 14.3. The van der Waals surface area contributed by atoms with Crippen molar-refractivity contribution in [1.82, 2.24) is 10.3 Å². The normalized spacial score (nSPS) is 22.0. The van der Waals surface area contributed by atoms with Gasteiger partial charge in [-0.2, -0.15) is 0 Å². The molecule has 0 aromatic carbocycles. The van der Waals surface area contributed by atoms with Crippen molar-refractivity contribution in [2.75, 3.05) is 7.05 Å². The number of aromatic nitrogens is 1. The fraction of sp³-hybridized carbons (Fsp3) is 0.625. The molecule has 0 unspecified atom stereocenters. The molecule has 0 spiro atoms. The van der Waals surface area contributed by atoms with E-state index in [4.69, 9.17) is 14.0 Å². The second kappa shape index (κ2) is 5.49. The van der Waals surface area contributed by atoms with Crippen LogP contribution >= 0.6 is 0 Å². The topological polar surface area (TPSA) is 69.7 Å². The lowest BCUT2D eigenvalue weighted by molar-refractivity contribution is 0.00578. The molecule has 1 saturated carbocycles. The summed E-state index contributed by atoms with van der Waals surface area (Å²) in [5, 5.41) is 2.59. The van der Waals surface area contributed by atoms with Crippen LogP contribution in [-0.4, -0.2) is 42.4 Å². The molecule has 1 amide bonds. The third kappa shape index (κ3) is 3.08. The maximum atomic E-state index is 12.0. The fourth-order valence-corrected chi connectivity index (χ4v) is 2.31. The van der Waals surface area contributed by atoms with Gasteiger partial charge in [0.2, 0.25) is 0 Å². The number of amides is 1. The Labute approximate surface area is 137 Å². The van der Waals surface area contributed by atoms with Crippen LogP contribution in [0.15, 0.2) is 12.3 Å². The van der Waals surface area contributed by atoms with Gasteiger partial charge in [0.1, 0.15) is 0 Å². The molecule has 1 saturated heterocycles. The highest BCUT2D eigenvalue weighted by Gasteiger charge is 2.52. The Bertz CT molecular complexity index is 613. The van der Waals surface area contributed by atoms with Crippen molar-refractivity contribution in [3.63, 3.8) is 0 Å². The number of rotatable bonds is 4. The maximum absolute atomic E-state index is 12.0. The van der Waals surface area contributed by atoms with E-state index < -0.39 is 18.3 Å². The molecule has 0 atom stereocenters. The first-order chi connectivity index (χ1) is 10.7. The van der Waals surface area contributed by atoms with Gasteiger partial charge in [0.15, 0.2) is 11.4 Å². The zero-order chi connectivity index (χ0) is 16.8. The Morgan fingerprint density at radius 3 is 2.43 bits per heavy atom. The van der Waals surface area contributed by atoms with E-state index in [1.165, 1.54) is 0 Å². The smallest absolute Gasteiger partial charge is 0.488 e. The quantitative estimate of drug-likeness (QED) is 0.847. The van der Waals surface area contributed by atoms with E-state index in [1.807, 2.05) is 27.7 Å². The molecule has 2 heterocycles. The Balaban J connectivity index is 1.90. The molecule has 6 nitrogen and oxygen atoms in total. The van der Waals surface area contributed by atoms with E-state index in [0.717, 1.165) is 18.3 Å². The highest BCUT2D eigenvalue weighted by atomic mass is 16.7. The zero-order valence-electron chi connectivity index (χ0n) is 14.3. The summed E-state index contributed by atoms with van der Waals surface area (Å²) in [5.41, 5.74) is 0.204. The molecule has 1 aromatic heterocycles. The summed E-state index contributed by atoms with van der Waals surface area (Å²) in [6.07, 6.45) is 3.81. The monoisotopic (exact) mass is 318 g/mol. The summed E-state index contributed by atoms with van der Waals surface area (Å²) in [6, 6.07) is 1.80. The summed E-state index contributed by atoms with van der Waals surface area (Å²) >= 11 is 0. The molecular weight excluding hydrogens is 295 g/mol. The summed E-state index contributed by atoms with van der Waals surface area (Å²) in [7, 11) is 1.06. The van der Waals surface area contributed by atoms with Gasteiger partial charge >= 0.3 is 7.12 Å². The van der Waals surface area contributed by atoms with Crippen LogP contribution in [0.4, 0.5) is 0 Å². The Morgan fingerprint density at radius 1 is 1.30 bits per heavy atom. The van der Waals surface area contributed by atoms with Crippen LogP contribution in [-0.2, 0) is 9.31 Å².